The quantitative estimate of drug-likeness (QED) is 0.814. The molecule has 2 heterocycles. The molecule has 26 heavy (non-hydrogen) atoms. The Morgan fingerprint density at radius 1 is 1.23 bits per heavy atom. The molecule has 1 amide bonds. The van der Waals surface area contributed by atoms with Crippen molar-refractivity contribution in [1.82, 2.24) is 19.8 Å². The summed E-state index contributed by atoms with van der Waals surface area (Å²) in [6.45, 7) is 3.88. The highest BCUT2D eigenvalue weighted by molar-refractivity contribution is 5.75. The van der Waals surface area contributed by atoms with Crippen LogP contribution >= 0.6 is 0 Å². The first kappa shape index (κ1) is 18.3. The number of amides is 1. The maximum atomic E-state index is 12.1. The van der Waals surface area contributed by atoms with Gasteiger partial charge in [-0.25, -0.2) is 9.78 Å². The zero-order valence-corrected chi connectivity index (χ0v) is 15.0. The lowest BCUT2D eigenvalue weighted by Crippen LogP contribution is -2.42. The van der Waals surface area contributed by atoms with E-state index in [9.17, 15) is 9.59 Å². The van der Waals surface area contributed by atoms with Crippen molar-refractivity contribution in [3.8, 4) is 0 Å². The molecule has 0 bridgehead atoms. The van der Waals surface area contributed by atoms with E-state index in [1.807, 2.05) is 6.07 Å². The van der Waals surface area contributed by atoms with E-state index in [1.165, 1.54) is 16.3 Å². The van der Waals surface area contributed by atoms with Crippen LogP contribution in [0, 0.1) is 5.92 Å². The molecule has 0 saturated carbocycles. The molecule has 0 radical (unpaired) electrons. The second kappa shape index (κ2) is 9.29. The van der Waals surface area contributed by atoms with Gasteiger partial charge in [-0.3, -0.25) is 9.36 Å². The summed E-state index contributed by atoms with van der Waals surface area (Å²) in [6.07, 6.45) is 6.37. The predicted molar refractivity (Wildman–Crippen MR) is 101 cm³/mol. The van der Waals surface area contributed by atoms with Crippen LogP contribution in [0.15, 0.2) is 53.6 Å². The Morgan fingerprint density at radius 2 is 2.08 bits per heavy atom. The Bertz CT molecular complexity index is 760. The highest BCUT2D eigenvalue weighted by atomic mass is 16.2. The van der Waals surface area contributed by atoms with Gasteiger partial charge in [-0.15, -0.1) is 0 Å². The van der Waals surface area contributed by atoms with E-state index in [1.54, 1.807) is 12.3 Å². The van der Waals surface area contributed by atoms with Gasteiger partial charge in [0.15, 0.2) is 0 Å². The van der Waals surface area contributed by atoms with Crippen molar-refractivity contribution in [2.24, 2.45) is 5.92 Å². The molecule has 1 aromatic heterocycles. The van der Waals surface area contributed by atoms with Gasteiger partial charge in [0.2, 0.25) is 5.91 Å². The number of likely N-dealkylation sites (tertiary alicyclic amines) is 1. The highest BCUT2D eigenvalue weighted by Crippen LogP contribution is 2.16. The van der Waals surface area contributed by atoms with Crippen LogP contribution < -0.4 is 11.0 Å². The van der Waals surface area contributed by atoms with E-state index in [-0.39, 0.29) is 12.5 Å². The smallest absolute Gasteiger partial charge is 0.347 e. The molecule has 6 nitrogen and oxygen atoms in total. The van der Waals surface area contributed by atoms with E-state index in [0.29, 0.717) is 12.5 Å². The molecule has 0 unspecified atom stereocenters. The van der Waals surface area contributed by atoms with Crippen molar-refractivity contribution in [1.29, 1.82) is 0 Å². The van der Waals surface area contributed by atoms with Gasteiger partial charge in [-0.05, 0) is 43.4 Å². The van der Waals surface area contributed by atoms with Gasteiger partial charge in [0.25, 0.3) is 0 Å². The van der Waals surface area contributed by atoms with Crippen LogP contribution in [0.25, 0.3) is 0 Å². The third kappa shape index (κ3) is 5.52. The first-order valence-electron chi connectivity index (χ1n) is 9.25. The largest absolute Gasteiger partial charge is 0.354 e. The van der Waals surface area contributed by atoms with Crippen LogP contribution in [0.1, 0.15) is 18.4 Å². The molecule has 1 atom stereocenters. The minimum atomic E-state index is -0.396. The maximum absolute atomic E-state index is 12.1. The van der Waals surface area contributed by atoms with Gasteiger partial charge in [0, 0.05) is 32.0 Å². The normalized spacial score (nSPS) is 17.8. The van der Waals surface area contributed by atoms with E-state index in [2.05, 4.69) is 39.5 Å². The lowest BCUT2D eigenvalue weighted by molar-refractivity contribution is -0.122. The Morgan fingerprint density at radius 3 is 2.88 bits per heavy atom. The molecule has 3 rings (SSSR count). The number of hydrogen-bond acceptors (Lipinski definition) is 4. The summed E-state index contributed by atoms with van der Waals surface area (Å²) in [6, 6.07) is 12.2. The number of aromatic nitrogens is 2. The van der Waals surface area contributed by atoms with E-state index >= 15 is 0 Å². The third-order valence-electron chi connectivity index (χ3n) is 4.85. The fraction of sp³-hybridized carbons (Fsp3) is 0.450. The summed E-state index contributed by atoms with van der Waals surface area (Å²) in [7, 11) is 0. The number of piperidine rings is 1. The minimum Gasteiger partial charge on any atom is -0.354 e. The molecule has 1 aromatic carbocycles. The van der Waals surface area contributed by atoms with Gasteiger partial charge >= 0.3 is 5.69 Å². The monoisotopic (exact) mass is 354 g/mol. The van der Waals surface area contributed by atoms with E-state index < -0.39 is 5.69 Å². The van der Waals surface area contributed by atoms with Crippen molar-refractivity contribution in [2.45, 2.75) is 25.8 Å². The highest BCUT2D eigenvalue weighted by Gasteiger charge is 2.20. The molecule has 6 heteroatoms. The van der Waals surface area contributed by atoms with Crippen molar-refractivity contribution in [2.75, 3.05) is 26.2 Å². The van der Waals surface area contributed by atoms with Crippen molar-refractivity contribution in [3.63, 3.8) is 0 Å². The van der Waals surface area contributed by atoms with Crippen LogP contribution in [0.3, 0.4) is 0 Å². The topological polar surface area (TPSA) is 67.2 Å². The standard InChI is InChI=1S/C20H26N4O2/c25-19(16-24-12-5-10-21-20(24)26)22-14-18-8-4-11-23(15-18)13-9-17-6-2-1-3-7-17/h1-3,5-7,10,12,18H,4,8-9,11,13-16H2,(H,22,25)/t18-/m1/s1. The number of benzene rings is 1. The Kier molecular flexibility index (Phi) is 6.55. The summed E-state index contributed by atoms with van der Waals surface area (Å²) in [5, 5.41) is 2.97. The van der Waals surface area contributed by atoms with Gasteiger partial charge in [-0.2, -0.15) is 0 Å². The molecule has 1 aliphatic rings. The molecule has 1 aliphatic heterocycles. The average molecular weight is 354 g/mol. The Balaban J connectivity index is 1.41. The summed E-state index contributed by atoms with van der Waals surface area (Å²) in [5.41, 5.74) is 0.970. The van der Waals surface area contributed by atoms with E-state index in [4.69, 9.17) is 0 Å². The Labute approximate surface area is 153 Å². The zero-order valence-electron chi connectivity index (χ0n) is 15.0. The van der Waals surface area contributed by atoms with Crippen LogP contribution in [0.4, 0.5) is 0 Å². The van der Waals surface area contributed by atoms with Crippen molar-refractivity contribution in [3.05, 3.63) is 64.8 Å². The fourth-order valence-electron chi connectivity index (χ4n) is 3.43. The van der Waals surface area contributed by atoms with Gasteiger partial charge in [0.1, 0.15) is 6.54 Å². The lowest BCUT2D eigenvalue weighted by atomic mass is 9.97. The number of nitrogens with zero attached hydrogens (tertiary/aromatic N) is 3. The number of carbonyl (C=O) groups excluding carboxylic acids is 1. The van der Waals surface area contributed by atoms with Crippen LogP contribution in [-0.4, -0.2) is 46.5 Å². The average Bonchev–Trinajstić information content (AvgIpc) is 2.68. The van der Waals surface area contributed by atoms with Crippen LogP contribution in [-0.2, 0) is 17.8 Å². The molecule has 1 saturated heterocycles. The van der Waals surface area contributed by atoms with Crippen molar-refractivity contribution >= 4 is 5.91 Å². The molecular formula is C20H26N4O2. The number of nitrogens with one attached hydrogen (secondary N) is 1. The number of hydrogen-bond donors (Lipinski definition) is 1. The predicted octanol–water partition coefficient (Wildman–Crippen LogP) is 1.31. The van der Waals surface area contributed by atoms with Crippen LogP contribution in [0.5, 0.6) is 0 Å². The molecule has 138 valence electrons. The summed E-state index contributed by atoms with van der Waals surface area (Å²) in [4.78, 5) is 29.8. The Hall–Kier alpha value is -2.47. The van der Waals surface area contributed by atoms with Gasteiger partial charge in [-0.1, -0.05) is 30.3 Å². The maximum Gasteiger partial charge on any atom is 0.347 e. The molecule has 0 spiro atoms. The third-order valence-corrected chi connectivity index (χ3v) is 4.85. The van der Waals surface area contributed by atoms with Gasteiger partial charge < -0.3 is 10.2 Å². The van der Waals surface area contributed by atoms with Gasteiger partial charge in [0.05, 0.1) is 0 Å². The molecule has 1 N–H and O–H groups in total. The van der Waals surface area contributed by atoms with Crippen LogP contribution in [0.2, 0.25) is 0 Å². The molecular weight excluding hydrogens is 328 g/mol. The van der Waals surface area contributed by atoms with Crippen molar-refractivity contribution < 1.29 is 4.79 Å². The SMILES string of the molecule is O=C(Cn1cccnc1=O)NC[C@H]1CCCN(CCc2ccccc2)C1. The number of rotatable bonds is 7. The summed E-state index contributed by atoms with van der Waals surface area (Å²) < 4.78 is 1.32. The van der Waals surface area contributed by atoms with E-state index in [0.717, 1.165) is 38.9 Å². The molecule has 2 aromatic rings. The lowest BCUT2D eigenvalue weighted by Gasteiger charge is -2.32. The zero-order chi connectivity index (χ0) is 18.2. The minimum absolute atomic E-state index is 0.0249. The second-order valence-electron chi connectivity index (χ2n) is 6.88. The molecule has 0 aliphatic carbocycles. The molecule has 1 fully saturated rings. The first-order valence-corrected chi connectivity index (χ1v) is 9.25. The summed E-state index contributed by atoms with van der Waals surface area (Å²) in [5.74, 6) is 0.329. The number of carbonyl (C=O) groups is 1. The fourth-order valence-corrected chi connectivity index (χ4v) is 3.43. The second-order valence-corrected chi connectivity index (χ2v) is 6.88. The summed E-state index contributed by atoms with van der Waals surface area (Å²) >= 11 is 0. The first-order chi connectivity index (χ1) is 12.7.